The number of ketones is 2. The molecule has 3 aliphatic heterocycles. The molecule has 1 N–H and O–H groups in total. The smallest absolute Gasteiger partial charge is 0.270 e. The van der Waals surface area contributed by atoms with Crippen LogP contribution in [0, 0.1) is 16.0 Å². The number of hydrogen-bond donors (Lipinski definition) is 1. The Kier molecular flexibility index (Phi) is 6.62. The number of fused-ring (bicyclic) bond motifs is 6. The molecule has 9 nitrogen and oxygen atoms in total. The summed E-state index contributed by atoms with van der Waals surface area (Å²) in [4.78, 5) is 57.1. The Balaban J connectivity index is 1.48. The summed E-state index contributed by atoms with van der Waals surface area (Å²) in [6, 6.07) is 25.3. The highest BCUT2D eigenvalue weighted by Crippen LogP contribution is 2.62. The topological polar surface area (TPSA) is 119 Å². The number of carbonyl (C=O) groups excluding carboxylic acids is 3. The second-order valence-corrected chi connectivity index (χ2v) is 11.8. The van der Waals surface area contributed by atoms with Crippen LogP contribution in [-0.2, 0) is 10.2 Å². The van der Waals surface area contributed by atoms with E-state index in [0.29, 0.717) is 22.6 Å². The van der Waals surface area contributed by atoms with Crippen molar-refractivity contribution < 1.29 is 24.0 Å². The number of ether oxygens (including phenoxy) is 1. The third-order valence-electron chi connectivity index (χ3n) is 8.97. The first-order valence-corrected chi connectivity index (χ1v) is 14.8. The van der Waals surface area contributed by atoms with Gasteiger partial charge in [-0.25, -0.2) is 0 Å². The Bertz CT molecular complexity index is 1920. The molecule has 4 aromatic rings. The lowest BCUT2D eigenvalue weighted by Crippen LogP contribution is -2.49. The van der Waals surface area contributed by atoms with Gasteiger partial charge in [0.25, 0.3) is 5.69 Å². The van der Waals surface area contributed by atoms with Crippen LogP contribution in [0.5, 0.6) is 5.75 Å². The molecular weight excluding hydrogens is 570 g/mol. The monoisotopic (exact) mass is 599 g/mol. The number of carbonyl (C=O) groups is 3. The predicted molar refractivity (Wildman–Crippen MR) is 168 cm³/mol. The highest BCUT2D eigenvalue weighted by atomic mass is 16.6. The van der Waals surface area contributed by atoms with Crippen molar-refractivity contribution in [3.63, 3.8) is 0 Å². The van der Waals surface area contributed by atoms with E-state index in [0.717, 1.165) is 11.1 Å². The van der Waals surface area contributed by atoms with Crippen LogP contribution < -0.4 is 10.1 Å². The number of nitro groups is 1. The van der Waals surface area contributed by atoms with Gasteiger partial charge in [0.05, 0.1) is 23.0 Å². The van der Waals surface area contributed by atoms with Gasteiger partial charge in [-0.3, -0.25) is 24.5 Å². The van der Waals surface area contributed by atoms with Gasteiger partial charge in [-0.1, -0.05) is 54.6 Å². The minimum Gasteiger partial charge on any atom is -0.491 e. The number of nitrogens with one attached hydrogen (secondary N) is 1. The Morgan fingerprint density at radius 2 is 1.64 bits per heavy atom. The second-order valence-electron chi connectivity index (χ2n) is 11.8. The third kappa shape index (κ3) is 4.26. The number of non-ortho nitro benzene ring substituents is 1. The first-order valence-electron chi connectivity index (χ1n) is 14.8. The summed E-state index contributed by atoms with van der Waals surface area (Å²) in [6.07, 6.45) is 3.62. The molecule has 45 heavy (non-hydrogen) atoms. The average Bonchev–Trinajstić information content (AvgIpc) is 3.52. The van der Waals surface area contributed by atoms with Crippen molar-refractivity contribution in [1.29, 1.82) is 0 Å². The zero-order valence-electron chi connectivity index (χ0n) is 24.5. The van der Waals surface area contributed by atoms with Gasteiger partial charge in [0.15, 0.2) is 11.6 Å². The van der Waals surface area contributed by atoms with Gasteiger partial charge in [-0.05, 0) is 66.9 Å². The van der Waals surface area contributed by atoms with Crippen LogP contribution in [-0.4, -0.2) is 39.4 Å². The SMILES string of the molecule is CC(C)Oc1ccc(C(=O)[C@@H]2[C@H](C(=O)c3cccc([N+](=O)[O-])c3)[C@@]3(C(=O)Nc4ccccc43)[C@H]3c4ccccc4C=CN23)cc1. The molecule has 0 aliphatic carbocycles. The molecule has 9 heteroatoms. The van der Waals surface area contributed by atoms with E-state index in [2.05, 4.69) is 5.32 Å². The maximum Gasteiger partial charge on any atom is 0.270 e. The zero-order chi connectivity index (χ0) is 31.5. The van der Waals surface area contributed by atoms with Gasteiger partial charge in [0, 0.05) is 35.1 Å². The number of amides is 1. The summed E-state index contributed by atoms with van der Waals surface area (Å²) < 4.78 is 5.78. The largest absolute Gasteiger partial charge is 0.491 e. The van der Waals surface area contributed by atoms with Crippen molar-refractivity contribution in [2.24, 2.45) is 5.92 Å². The van der Waals surface area contributed by atoms with E-state index in [1.54, 1.807) is 42.6 Å². The van der Waals surface area contributed by atoms with E-state index in [9.17, 15) is 24.5 Å². The number of benzene rings is 4. The van der Waals surface area contributed by atoms with Crippen molar-refractivity contribution in [1.82, 2.24) is 4.90 Å². The molecule has 224 valence electrons. The fraction of sp³-hybridized carbons (Fsp3) is 0.194. The number of para-hydroxylation sites is 1. The predicted octanol–water partition coefficient (Wildman–Crippen LogP) is 6.36. The first kappa shape index (κ1) is 28.2. The maximum absolute atomic E-state index is 14.9. The van der Waals surface area contributed by atoms with Crippen LogP contribution in [0.4, 0.5) is 11.4 Å². The van der Waals surface area contributed by atoms with Gasteiger partial charge >= 0.3 is 0 Å². The number of nitrogens with zero attached hydrogens (tertiary/aromatic N) is 2. The van der Waals surface area contributed by atoms with E-state index in [1.165, 1.54) is 24.3 Å². The molecule has 4 atom stereocenters. The van der Waals surface area contributed by atoms with Crippen molar-refractivity contribution in [3.05, 3.63) is 141 Å². The Morgan fingerprint density at radius 3 is 2.40 bits per heavy atom. The number of rotatable bonds is 7. The van der Waals surface area contributed by atoms with Crippen LogP contribution in [0.3, 0.4) is 0 Å². The molecule has 1 spiro atoms. The van der Waals surface area contributed by atoms with Crippen molar-refractivity contribution in [2.75, 3.05) is 5.32 Å². The molecule has 0 unspecified atom stereocenters. The van der Waals surface area contributed by atoms with Crippen LogP contribution in [0.25, 0.3) is 6.08 Å². The number of hydrogen-bond acceptors (Lipinski definition) is 7. The molecule has 0 bridgehead atoms. The Hall–Kier alpha value is -5.57. The highest BCUT2D eigenvalue weighted by molar-refractivity contribution is 6.16. The number of nitro benzene ring substituents is 1. The zero-order valence-corrected chi connectivity index (χ0v) is 24.5. The molecule has 7 rings (SSSR count). The lowest BCUT2D eigenvalue weighted by Gasteiger charge is -2.38. The van der Waals surface area contributed by atoms with Crippen LogP contribution in [0.2, 0.25) is 0 Å². The first-order chi connectivity index (χ1) is 21.7. The minimum absolute atomic E-state index is 0.0568. The van der Waals surface area contributed by atoms with Gasteiger partial charge in [-0.15, -0.1) is 0 Å². The standard InChI is InChI=1S/C36H29N3O6/c1-21(2)45-26-16-14-23(15-17-26)33(41)31-30(32(40)24-9-7-10-25(20-24)39(43)44)36(28-12-5-6-13-29(28)37-35(36)42)34-27-11-4-3-8-22(27)18-19-38(31)34/h3-21,30-31,34H,1-2H3,(H,37,42)/t30-,31+,34-,36-/m1/s1. The van der Waals surface area contributed by atoms with Crippen LogP contribution in [0.15, 0.2) is 103 Å². The lowest BCUT2D eigenvalue weighted by molar-refractivity contribution is -0.384. The van der Waals surface area contributed by atoms with Crippen LogP contribution >= 0.6 is 0 Å². The fourth-order valence-electron chi connectivity index (χ4n) is 7.26. The molecular formula is C36H29N3O6. The van der Waals surface area contributed by atoms with E-state index < -0.39 is 40.0 Å². The number of Topliss-reactive ketones (excluding diaryl/α,β-unsaturated/α-hetero) is 2. The Labute approximate surface area is 259 Å². The summed E-state index contributed by atoms with van der Waals surface area (Å²) in [7, 11) is 0. The van der Waals surface area contributed by atoms with E-state index in [1.807, 2.05) is 61.2 Å². The van der Waals surface area contributed by atoms with Crippen molar-refractivity contribution in [3.8, 4) is 5.75 Å². The third-order valence-corrected chi connectivity index (χ3v) is 8.97. The molecule has 1 saturated heterocycles. The summed E-state index contributed by atoms with van der Waals surface area (Å²) in [5.74, 6) is -1.91. The second kappa shape index (κ2) is 10.6. The van der Waals surface area contributed by atoms with Gasteiger partial charge < -0.3 is 15.0 Å². The minimum atomic E-state index is -1.53. The van der Waals surface area contributed by atoms with Gasteiger partial charge in [0.1, 0.15) is 17.2 Å². The quantitative estimate of drug-likeness (QED) is 0.149. The summed E-state index contributed by atoms with van der Waals surface area (Å²) in [5, 5.41) is 14.7. The lowest BCUT2D eigenvalue weighted by atomic mass is 9.62. The van der Waals surface area contributed by atoms with Crippen molar-refractivity contribution >= 4 is 34.9 Å². The molecule has 0 aromatic heterocycles. The summed E-state index contributed by atoms with van der Waals surface area (Å²) >= 11 is 0. The van der Waals surface area contributed by atoms with Gasteiger partial charge in [-0.2, -0.15) is 0 Å². The molecule has 1 fully saturated rings. The molecule has 0 radical (unpaired) electrons. The number of anilines is 1. The van der Waals surface area contributed by atoms with Crippen molar-refractivity contribution in [2.45, 2.75) is 37.5 Å². The normalized spacial score (nSPS) is 22.5. The van der Waals surface area contributed by atoms with E-state index >= 15 is 0 Å². The maximum atomic E-state index is 14.9. The van der Waals surface area contributed by atoms with Crippen LogP contribution in [0.1, 0.15) is 57.3 Å². The van der Waals surface area contributed by atoms with E-state index in [4.69, 9.17) is 4.74 Å². The van der Waals surface area contributed by atoms with E-state index in [-0.39, 0.29) is 23.1 Å². The molecule has 0 saturated carbocycles. The average molecular weight is 600 g/mol. The molecule has 1 amide bonds. The summed E-state index contributed by atoms with van der Waals surface area (Å²) in [5.41, 5.74) is 1.48. The van der Waals surface area contributed by atoms with Gasteiger partial charge in [0.2, 0.25) is 5.91 Å². The fourth-order valence-corrected chi connectivity index (χ4v) is 7.26. The highest BCUT2D eigenvalue weighted by Gasteiger charge is 2.70. The summed E-state index contributed by atoms with van der Waals surface area (Å²) in [6.45, 7) is 3.82. The molecule has 3 heterocycles. The Morgan fingerprint density at radius 1 is 0.911 bits per heavy atom. The molecule has 4 aromatic carbocycles. The molecule has 3 aliphatic rings.